The van der Waals surface area contributed by atoms with E-state index in [0.717, 1.165) is 34.0 Å². The van der Waals surface area contributed by atoms with Crippen molar-refractivity contribution in [1.82, 2.24) is 4.98 Å². The van der Waals surface area contributed by atoms with Gasteiger partial charge < -0.3 is 10.1 Å². The lowest BCUT2D eigenvalue weighted by Crippen LogP contribution is -2.12. The van der Waals surface area contributed by atoms with Gasteiger partial charge in [0, 0.05) is 5.56 Å². The van der Waals surface area contributed by atoms with E-state index < -0.39 is 0 Å². The standard InChI is InChI=1S/C13H15NO2/c1-3-9-6-10-4-5-11(7-15)8(2)12(10)14-13(9)16/h4-6,15H,3,7H2,1-2H3,(H,14,16). The Labute approximate surface area is 93.7 Å². The Kier molecular flexibility index (Phi) is 2.79. The molecule has 0 saturated carbocycles. The van der Waals surface area contributed by atoms with Crippen molar-refractivity contribution in [2.45, 2.75) is 26.9 Å². The van der Waals surface area contributed by atoms with Crippen LogP contribution < -0.4 is 5.56 Å². The minimum absolute atomic E-state index is 0.000662. The summed E-state index contributed by atoms with van der Waals surface area (Å²) in [6, 6.07) is 5.75. The molecule has 0 aliphatic heterocycles. The summed E-state index contributed by atoms with van der Waals surface area (Å²) in [6.45, 7) is 3.88. The Hall–Kier alpha value is -1.61. The first-order valence-corrected chi connectivity index (χ1v) is 5.42. The molecule has 0 radical (unpaired) electrons. The number of hydrogen-bond donors (Lipinski definition) is 2. The zero-order valence-corrected chi connectivity index (χ0v) is 9.50. The van der Waals surface area contributed by atoms with Crippen LogP contribution in [0.5, 0.6) is 0 Å². The van der Waals surface area contributed by atoms with Gasteiger partial charge in [-0.1, -0.05) is 19.1 Å². The van der Waals surface area contributed by atoms with E-state index in [9.17, 15) is 4.79 Å². The van der Waals surface area contributed by atoms with Gasteiger partial charge in [0.1, 0.15) is 0 Å². The molecular weight excluding hydrogens is 202 g/mol. The molecule has 2 aromatic rings. The number of H-pyrrole nitrogens is 1. The number of aromatic amines is 1. The average molecular weight is 217 g/mol. The fraction of sp³-hybridized carbons (Fsp3) is 0.308. The van der Waals surface area contributed by atoms with Crippen molar-refractivity contribution in [3.63, 3.8) is 0 Å². The Morgan fingerprint density at radius 3 is 2.69 bits per heavy atom. The third kappa shape index (κ3) is 1.63. The molecule has 0 unspecified atom stereocenters. The molecule has 0 spiro atoms. The van der Waals surface area contributed by atoms with Crippen LogP contribution in [-0.4, -0.2) is 10.1 Å². The molecule has 0 aliphatic carbocycles. The van der Waals surface area contributed by atoms with Crippen LogP contribution in [0.4, 0.5) is 0 Å². The fourth-order valence-corrected chi connectivity index (χ4v) is 1.94. The highest BCUT2D eigenvalue weighted by atomic mass is 16.3. The van der Waals surface area contributed by atoms with Gasteiger partial charge in [0.25, 0.3) is 5.56 Å². The third-order valence-electron chi connectivity index (χ3n) is 3.02. The lowest BCUT2D eigenvalue weighted by atomic mass is 10.0. The van der Waals surface area contributed by atoms with Crippen LogP contribution in [0.3, 0.4) is 0 Å². The van der Waals surface area contributed by atoms with Crippen molar-refractivity contribution >= 4 is 10.9 Å². The van der Waals surface area contributed by atoms with Crippen LogP contribution >= 0.6 is 0 Å². The maximum absolute atomic E-state index is 11.7. The third-order valence-corrected chi connectivity index (χ3v) is 3.02. The van der Waals surface area contributed by atoms with Gasteiger partial charge in [-0.05, 0) is 35.9 Å². The van der Waals surface area contributed by atoms with E-state index in [1.165, 1.54) is 0 Å². The smallest absolute Gasteiger partial charge is 0.251 e. The number of aryl methyl sites for hydroxylation is 2. The lowest BCUT2D eigenvalue weighted by Gasteiger charge is -2.08. The van der Waals surface area contributed by atoms with Crippen molar-refractivity contribution < 1.29 is 5.11 Å². The Morgan fingerprint density at radius 1 is 1.31 bits per heavy atom. The first-order valence-electron chi connectivity index (χ1n) is 5.42. The van der Waals surface area contributed by atoms with Gasteiger partial charge in [-0.25, -0.2) is 0 Å². The fourth-order valence-electron chi connectivity index (χ4n) is 1.94. The van der Waals surface area contributed by atoms with E-state index in [-0.39, 0.29) is 12.2 Å². The molecule has 0 bridgehead atoms. The number of pyridine rings is 1. The van der Waals surface area contributed by atoms with Crippen LogP contribution in [0.25, 0.3) is 10.9 Å². The summed E-state index contributed by atoms with van der Waals surface area (Å²) < 4.78 is 0. The molecule has 1 heterocycles. The first kappa shape index (κ1) is 10.9. The Balaban J connectivity index is 2.81. The number of fused-ring (bicyclic) bond motifs is 1. The maximum Gasteiger partial charge on any atom is 0.251 e. The number of aliphatic hydroxyl groups is 1. The minimum Gasteiger partial charge on any atom is -0.392 e. The number of nitrogens with one attached hydrogen (secondary N) is 1. The van der Waals surface area contributed by atoms with Gasteiger partial charge in [-0.15, -0.1) is 0 Å². The van der Waals surface area contributed by atoms with Gasteiger partial charge in [0.2, 0.25) is 0 Å². The van der Waals surface area contributed by atoms with Crippen LogP contribution in [0.2, 0.25) is 0 Å². The van der Waals surface area contributed by atoms with Crippen LogP contribution in [0.1, 0.15) is 23.6 Å². The quantitative estimate of drug-likeness (QED) is 0.807. The summed E-state index contributed by atoms with van der Waals surface area (Å²) in [6.07, 6.45) is 0.728. The summed E-state index contributed by atoms with van der Waals surface area (Å²) in [4.78, 5) is 14.6. The number of aromatic nitrogens is 1. The van der Waals surface area contributed by atoms with Crippen molar-refractivity contribution in [3.8, 4) is 0 Å². The molecule has 1 aromatic heterocycles. The van der Waals surface area contributed by atoms with Gasteiger partial charge in [-0.3, -0.25) is 4.79 Å². The summed E-state index contributed by atoms with van der Waals surface area (Å²) in [5, 5.41) is 10.2. The highest BCUT2D eigenvalue weighted by molar-refractivity contribution is 5.83. The van der Waals surface area contributed by atoms with Crippen molar-refractivity contribution in [2.75, 3.05) is 0 Å². The summed E-state index contributed by atoms with van der Waals surface area (Å²) in [5.41, 5.74) is 3.39. The predicted octanol–water partition coefficient (Wildman–Crippen LogP) is 1.89. The molecule has 0 aliphatic rings. The number of rotatable bonds is 2. The van der Waals surface area contributed by atoms with Gasteiger partial charge in [-0.2, -0.15) is 0 Å². The Morgan fingerprint density at radius 2 is 2.06 bits per heavy atom. The van der Waals surface area contributed by atoms with Gasteiger partial charge >= 0.3 is 0 Å². The molecule has 3 heteroatoms. The largest absolute Gasteiger partial charge is 0.392 e. The van der Waals surface area contributed by atoms with Gasteiger partial charge in [0.15, 0.2) is 0 Å². The molecule has 0 atom stereocenters. The number of hydrogen-bond acceptors (Lipinski definition) is 2. The molecular formula is C13H15NO2. The van der Waals surface area contributed by atoms with Crippen LogP contribution in [0.15, 0.2) is 23.0 Å². The number of aliphatic hydroxyl groups excluding tert-OH is 1. The van der Waals surface area contributed by atoms with E-state index in [1.54, 1.807) is 0 Å². The molecule has 3 nitrogen and oxygen atoms in total. The second-order valence-electron chi connectivity index (χ2n) is 3.95. The summed E-state index contributed by atoms with van der Waals surface area (Å²) in [5.74, 6) is 0. The predicted molar refractivity (Wildman–Crippen MR) is 64.6 cm³/mol. The van der Waals surface area contributed by atoms with Crippen molar-refractivity contribution in [1.29, 1.82) is 0 Å². The second-order valence-corrected chi connectivity index (χ2v) is 3.95. The van der Waals surface area contributed by atoms with Crippen LogP contribution in [0, 0.1) is 6.92 Å². The highest BCUT2D eigenvalue weighted by Gasteiger charge is 2.06. The SMILES string of the molecule is CCc1cc2ccc(CO)c(C)c2[nH]c1=O. The Bertz CT molecular complexity index is 584. The van der Waals surface area contributed by atoms with E-state index in [4.69, 9.17) is 5.11 Å². The van der Waals surface area contributed by atoms with E-state index in [1.807, 2.05) is 32.0 Å². The molecule has 84 valence electrons. The van der Waals surface area contributed by atoms with E-state index >= 15 is 0 Å². The average Bonchev–Trinajstić information content (AvgIpc) is 2.30. The van der Waals surface area contributed by atoms with Crippen LogP contribution in [-0.2, 0) is 13.0 Å². The van der Waals surface area contributed by atoms with E-state index in [0.29, 0.717) is 0 Å². The molecule has 2 rings (SSSR count). The maximum atomic E-state index is 11.7. The molecule has 1 aromatic carbocycles. The molecule has 2 N–H and O–H groups in total. The summed E-state index contributed by atoms with van der Waals surface area (Å²) in [7, 11) is 0. The second kappa shape index (κ2) is 4.10. The minimum atomic E-state index is -0.0341. The van der Waals surface area contributed by atoms with Crippen molar-refractivity contribution in [2.24, 2.45) is 0 Å². The molecule has 0 amide bonds. The van der Waals surface area contributed by atoms with Gasteiger partial charge in [0.05, 0.1) is 12.1 Å². The molecule has 16 heavy (non-hydrogen) atoms. The summed E-state index contributed by atoms with van der Waals surface area (Å²) >= 11 is 0. The number of benzene rings is 1. The zero-order valence-electron chi connectivity index (χ0n) is 9.50. The van der Waals surface area contributed by atoms with E-state index in [2.05, 4.69) is 4.98 Å². The highest BCUT2D eigenvalue weighted by Crippen LogP contribution is 2.19. The normalized spacial score (nSPS) is 10.9. The van der Waals surface area contributed by atoms with Crippen molar-refractivity contribution in [3.05, 3.63) is 45.2 Å². The zero-order chi connectivity index (χ0) is 11.7. The molecule has 0 saturated heterocycles. The first-order chi connectivity index (χ1) is 7.67. The monoisotopic (exact) mass is 217 g/mol. The topological polar surface area (TPSA) is 53.1 Å². The lowest BCUT2D eigenvalue weighted by molar-refractivity contribution is 0.281. The molecule has 0 fully saturated rings.